The summed E-state index contributed by atoms with van der Waals surface area (Å²) in [5, 5.41) is 19.3. The second-order valence-corrected chi connectivity index (χ2v) is 3.97. The third-order valence-corrected chi connectivity index (χ3v) is 2.98. The zero-order chi connectivity index (χ0) is 13.3. The molecule has 0 aliphatic heterocycles. The summed E-state index contributed by atoms with van der Waals surface area (Å²) >= 11 is 0. The van der Waals surface area contributed by atoms with Crippen LogP contribution in [0.15, 0.2) is 24.4 Å². The van der Waals surface area contributed by atoms with Crippen LogP contribution in [0.25, 0.3) is 10.9 Å². The Morgan fingerprint density at radius 3 is 2.78 bits per heavy atom. The topological polar surface area (TPSA) is 71.7 Å². The van der Waals surface area contributed by atoms with Crippen molar-refractivity contribution < 1.29 is 19.7 Å². The van der Waals surface area contributed by atoms with Crippen LogP contribution >= 0.6 is 0 Å². The number of aliphatic carboxylic acids is 1. The van der Waals surface area contributed by atoms with E-state index in [4.69, 9.17) is 9.84 Å². The van der Waals surface area contributed by atoms with E-state index in [1.165, 1.54) is 0 Å². The van der Waals surface area contributed by atoms with Gasteiger partial charge in [-0.1, -0.05) is 12.1 Å². The number of aromatic nitrogens is 1. The van der Waals surface area contributed by atoms with E-state index >= 15 is 0 Å². The summed E-state index contributed by atoms with van der Waals surface area (Å²) in [6, 6.07) is 5.37. The summed E-state index contributed by atoms with van der Waals surface area (Å²) < 4.78 is 7.14. The molecule has 1 heterocycles. The Hall–Kier alpha value is -2.01. The SMILES string of the molecule is CCn1cc(C(O)C(=O)O)c2cccc(OC)c21. The van der Waals surface area contributed by atoms with Crippen molar-refractivity contribution in [3.8, 4) is 5.75 Å². The van der Waals surface area contributed by atoms with Gasteiger partial charge >= 0.3 is 5.97 Å². The van der Waals surface area contributed by atoms with Gasteiger partial charge in [-0.05, 0) is 13.0 Å². The molecule has 0 spiro atoms. The Morgan fingerprint density at radius 1 is 1.50 bits per heavy atom. The van der Waals surface area contributed by atoms with Gasteiger partial charge in [0.2, 0.25) is 0 Å². The van der Waals surface area contributed by atoms with Crippen LogP contribution in [-0.4, -0.2) is 27.9 Å². The minimum absolute atomic E-state index is 0.387. The maximum Gasteiger partial charge on any atom is 0.337 e. The number of ether oxygens (including phenoxy) is 1. The predicted octanol–water partition coefficient (Wildman–Crippen LogP) is 1.79. The van der Waals surface area contributed by atoms with Crippen LogP contribution < -0.4 is 4.74 Å². The van der Waals surface area contributed by atoms with Crippen molar-refractivity contribution in [1.82, 2.24) is 4.57 Å². The van der Waals surface area contributed by atoms with E-state index in [-0.39, 0.29) is 0 Å². The van der Waals surface area contributed by atoms with Crippen LogP contribution in [-0.2, 0) is 11.3 Å². The van der Waals surface area contributed by atoms with Gasteiger partial charge in [0.1, 0.15) is 5.75 Å². The van der Waals surface area contributed by atoms with Crippen molar-refractivity contribution in [2.45, 2.75) is 19.6 Å². The minimum Gasteiger partial charge on any atom is -0.495 e. The van der Waals surface area contributed by atoms with E-state index in [1.807, 2.05) is 17.6 Å². The van der Waals surface area contributed by atoms with Crippen molar-refractivity contribution in [3.63, 3.8) is 0 Å². The zero-order valence-electron chi connectivity index (χ0n) is 10.3. The second kappa shape index (κ2) is 4.70. The molecule has 1 unspecified atom stereocenters. The smallest absolute Gasteiger partial charge is 0.337 e. The number of aliphatic hydroxyl groups is 1. The molecule has 5 heteroatoms. The largest absolute Gasteiger partial charge is 0.495 e. The molecule has 0 aliphatic carbocycles. The van der Waals surface area contributed by atoms with E-state index in [0.717, 1.165) is 5.52 Å². The maximum atomic E-state index is 10.9. The molecular weight excluding hydrogens is 234 g/mol. The molecule has 0 aliphatic rings. The molecule has 18 heavy (non-hydrogen) atoms. The van der Waals surface area contributed by atoms with Crippen LogP contribution in [0.2, 0.25) is 0 Å². The molecule has 96 valence electrons. The van der Waals surface area contributed by atoms with Crippen molar-refractivity contribution in [3.05, 3.63) is 30.0 Å². The Bertz CT molecular complexity index is 588. The highest BCUT2D eigenvalue weighted by Crippen LogP contribution is 2.32. The number of carboxylic acids is 1. The number of benzene rings is 1. The van der Waals surface area contributed by atoms with Crippen LogP contribution in [0, 0.1) is 0 Å². The second-order valence-electron chi connectivity index (χ2n) is 3.97. The third-order valence-electron chi connectivity index (χ3n) is 2.98. The number of fused-ring (bicyclic) bond motifs is 1. The van der Waals surface area contributed by atoms with Gasteiger partial charge in [-0.3, -0.25) is 0 Å². The molecule has 5 nitrogen and oxygen atoms in total. The first kappa shape index (κ1) is 12.4. The number of methoxy groups -OCH3 is 1. The number of rotatable bonds is 4. The lowest BCUT2D eigenvalue weighted by atomic mass is 10.1. The van der Waals surface area contributed by atoms with Crippen LogP contribution in [0.1, 0.15) is 18.6 Å². The fraction of sp³-hybridized carbons (Fsp3) is 0.308. The van der Waals surface area contributed by atoms with E-state index in [1.54, 1.807) is 25.4 Å². The predicted molar refractivity (Wildman–Crippen MR) is 66.8 cm³/mol. The molecule has 2 aromatic rings. The Morgan fingerprint density at radius 2 is 2.22 bits per heavy atom. The molecule has 1 atom stereocenters. The molecule has 0 fully saturated rings. The summed E-state index contributed by atoms with van der Waals surface area (Å²) in [4.78, 5) is 10.9. The fourth-order valence-electron chi connectivity index (χ4n) is 2.12. The molecule has 2 N–H and O–H groups in total. The van der Waals surface area contributed by atoms with Gasteiger partial charge in [-0.25, -0.2) is 4.79 Å². The average molecular weight is 249 g/mol. The van der Waals surface area contributed by atoms with Crippen molar-refractivity contribution in [2.24, 2.45) is 0 Å². The summed E-state index contributed by atoms with van der Waals surface area (Å²) in [5.74, 6) is -0.592. The standard InChI is InChI=1S/C13H15NO4/c1-3-14-7-9(12(15)13(16)17)8-5-4-6-10(18-2)11(8)14/h4-7,12,15H,3H2,1-2H3,(H,16,17). The van der Waals surface area contributed by atoms with E-state index in [2.05, 4.69) is 0 Å². The van der Waals surface area contributed by atoms with Crippen molar-refractivity contribution >= 4 is 16.9 Å². The van der Waals surface area contributed by atoms with Gasteiger partial charge in [0.05, 0.1) is 12.6 Å². The summed E-state index contributed by atoms with van der Waals surface area (Å²) in [6.45, 7) is 2.62. The molecule has 2 rings (SSSR count). The van der Waals surface area contributed by atoms with Crippen LogP contribution in [0.3, 0.4) is 0 Å². The molecule has 1 aromatic heterocycles. The number of nitrogens with zero attached hydrogens (tertiary/aromatic N) is 1. The third kappa shape index (κ3) is 1.82. The number of aryl methyl sites for hydroxylation is 1. The van der Waals surface area contributed by atoms with E-state index in [0.29, 0.717) is 23.2 Å². The number of carbonyl (C=O) groups is 1. The van der Waals surface area contributed by atoms with Crippen molar-refractivity contribution in [1.29, 1.82) is 0 Å². The molecule has 0 amide bonds. The van der Waals surface area contributed by atoms with Crippen LogP contribution in [0.5, 0.6) is 5.75 Å². The Labute approximate surface area is 104 Å². The summed E-state index contributed by atoms with van der Waals surface area (Å²) in [7, 11) is 1.56. The molecule has 1 aromatic carbocycles. The van der Waals surface area contributed by atoms with Crippen molar-refractivity contribution in [2.75, 3.05) is 7.11 Å². The first-order valence-corrected chi connectivity index (χ1v) is 5.66. The van der Waals surface area contributed by atoms with Gasteiger partial charge in [0, 0.05) is 23.7 Å². The lowest BCUT2D eigenvalue weighted by Crippen LogP contribution is -2.09. The summed E-state index contributed by atoms with van der Waals surface area (Å²) in [6.07, 6.45) is 0.138. The average Bonchev–Trinajstić information content (AvgIpc) is 2.76. The van der Waals surface area contributed by atoms with E-state index in [9.17, 15) is 9.90 Å². The maximum absolute atomic E-state index is 10.9. The van der Waals surface area contributed by atoms with Gasteiger partial charge in [-0.2, -0.15) is 0 Å². The highest BCUT2D eigenvalue weighted by atomic mass is 16.5. The molecule has 0 bridgehead atoms. The highest BCUT2D eigenvalue weighted by molar-refractivity contribution is 5.92. The van der Waals surface area contributed by atoms with Gasteiger partial charge < -0.3 is 19.5 Å². The number of para-hydroxylation sites is 1. The zero-order valence-corrected chi connectivity index (χ0v) is 10.3. The monoisotopic (exact) mass is 249 g/mol. The fourth-order valence-corrected chi connectivity index (χ4v) is 2.12. The van der Waals surface area contributed by atoms with Gasteiger partial charge in [-0.15, -0.1) is 0 Å². The normalized spacial score (nSPS) is 12.6. The van der Waals surface area contributed by atoms with Gasteiger partial charge in [0.25, 0.3) is 0 Å². The number of hydrogen-bond donors (Lipinski definition) is 2. The number of hydrogen-bond acceptors (Lipinski definition) is 3. The van der Waals surface area contributed by atoms with Crippen LogP contribution in [0.4, 0.5) is 0 Å². The minimum atomic E-state index is -1.52. The quantitative estimate of drug-likeness (QED) is 0.866. The first-order valence-electron chi connectivity index (χ1n) is 5.66. The summed E-state index contributed by atoms with van der Waals surface area (Å²) in [5.41, 5.74) is 1.19. The van der Waals surface area contributed by atoms with E-state index < -0.39 is 12.1 Å². The number of aliphatic hydroxyl groups excluding tert-OH is 1. The molecule has 0 radical (unpaired) electrons. The van der Waals surface area contributed by atoms with Gasteiger partial charge in [0.15, 0.2) is 6.10 Å². The molecule has 0 saturated carbocycles. The number of carboxylic acid groups (broad SMARTS) is 1. The first-order chi connectivity index (χ1) is 8.60. The molecule has 0 saturated heterocycles. The Kier molecular flexibility index (Phi) is 3.25. The lowest BCUT2D eigenvalue weighted by molar-refractivity contribution is -0.146. The lowest BCUT2D eigenvalue weighted by Gasteiger charge is -2.06. The Balaban J connectivity index is 2.74. The molecular formula is C13H15NO4. The highest BCUT2D eigenvalue weighted by Gasteiger charge is 2.22.